The highest BCUT2D eigenvalue weighted by atomic mass is 79.9. The van der Waals surface area contributed by atoms with Crippen LogP contribution in [0.5, 0.6) is 0 Å². The predicted molar refractivity (Wildman–Crippen MR) is 77.2 cm³/mol. The minimum absolute atomic E-state index is 0.203. The van der Waals surface area contributed by atoms with E-state index in [9.17, 15) is 4.79 Å². The molecule has 3 rings (SSSR count). The maximum atomic E-state index is 12.1. The average Bonchev–Trinajstić information content (AvgIpc) is 2.95. The number of aryl methyl sites for hydroxylation is 1. The Labute approximate surface area is 117 Å². The number of anilines is 1. The maximum Gasteiger partial charge on any atom is 0.273 e. The zero-order chi connectivity index (χ0) is 13.4. The summed E-state index contributed by atoms with van der Waals surface area (Å²) >= 11 is 3.40. The standard InChI is InChI=1S/C13H11BrN4O/c1-18-5-4-12(17-18)16-13(19)11-6-8-2-3-9(14)7-10(8)15-11/h2-7,15H,1H3,(H,16,17,19). The molecule has 0 unspecified atom stereocenters. The molecule has 6 heteroatoms. The molecule has 0 atom stereocenters. The average molecular weight is 319 g/mol. The summed E-state index contributed by atoms with van der Waals surface area (Å²) in [4.78, 5) is 15.2. The Balaban J connectivity index is 1.89. The molecular weight excluding hydrogens is 308 g/mol. The third kappa shape index (κ3) is 2.39. The molecule has 5 nitrogen and oxygen atoms in total. The van der Waals surface area contributed by atoms with Crippen molar-refractivity contribution in [2.24, 2.45) is 7.05 Å². The van der Waals surface area contributed by atoms with Crippen molar-refractivity contribution in [1.82, 2.24) is 14.8 Å². The SMILES string of the molecule is Cn1ccc(NC(=O)c2cc3ccc(Br)cc3[nH]2)n1. The number of fused-ring (bicyclic) bond motifs is 1. The lowest BCUT2D eigenvalue weighted by molar-refractivity contribution is 0.102. The number of H-pyrrole nitrogens is 1. The van der Waals surface area contributed by atoms with Crippen LogP contribution < -0.4 is 5.32 Å². The van der Waals surface area contributed by atoms with Gasteiger partial charge in [0.1, 0.15) is 5.69 Å². The molecule has 1 aromatic carbocycles. The van der Waals surface area contributed by atoms with E-state index in [1.54, 1.807) is 24.0 Å². The molecule has 0 fully saturated rings. The molecule has 0 aliphatic rings. The van der Waals surface area contributed by atoms with Gasteiger partial charge in [0.25, 0.3) is 5.91 Å². The molecule has 0 spiro atoms. The van der Waals surface area contributed by atoms with Crippen molar-refractivity contribution in [3.63, 3.8) is 0 Å². The summed E-state index contributed by atoms with van der Waals surface area (Å²) in [5, 5.41) is 7.84. The van der Waals surface area contributed by atoms with E-state index in [4.69, 9.17) is 0 Å². The first-order valence-electron chi connectivity index (χ1n) is 5.71. The Morgan fingerprint density at radius 3 is 2.95 bits per heavy atom. The molecule has 2 N–H and O–H groups in total. The van der Waals surface area contributed by atoms with Gasteiger partial charge in [0.05, 0.1) is 0 Å². The van der Waals surface area contributed by atoms with E-state index >= 15 is 0 Å². The van der Waals surface area contributed by atoms with Crippen LogP contribution in [0.15, 0.2) is 41.0 Å². The second-order valence-corrected chi connectivity index (χ2v) is 5.16. The van der Waals surface area contributed by atoms with Gasteiger partial charge in [-0.15, -0.1) is 0 Å². The Morgan fingerprint density at radius 2 is 2.21 bits per heavy atom. The summed E-state index contributed by atoms with van der Waals surface area (Å²) in [5.41, 5.74) is 1.43. The molecule has 0 aliphatic carbocycles. The number of nitrogens with zero attached hydrogens (tertiary/aromatic N) is 2. The fourth-order valence-electron chi connectivity index (χ4n) is 1.89. The summed E-state index contributed by atoms with van der Waals surface area (Å²) in [6.07, 6.45) is 1.78. The molecule has 96 valence electrons. The molecule has 1 amide bonds. The molecule has 0 saturated carbocycles. The number of amides is 1. The fourth-order valence-corrected chi connectivity index (χ4v) is 2.25. The molecule has 19 heavy (non-hydrogen) atoms. The van der Waals surface area contributed by atoms with Crippen LogP contribution in [0.3, 0.4) is 0 Å². The number of benzene rings is 1. The third-order valence-corrected chi connectivity index (χ3v) is 3.28. The maximum absolute atomic E-state index is 12.1. The highest BCUT2D eigenvalue weighted by Gasteiger charge is 2.11. The minimum atomic E-state index is -0.203. The van der Waals surface area contributed by atoms with Gasteiger partial charge in [0.2, 0.25) is 0 Å². The molecule has 2 heterocycles. The van der Waals surface area contributed by atoms with Gasteiger partial charge in [-0.1, -0.05) is 22.0 Å². The van der Waals surface area contributed by atoms with Crippen molar-refractivity contribution in [2.45, 2.75) is 0 Å². The smallest absolute Gasteiger partial charge is 0.273 e. The van der Waals surface area contributed by atoms with Gasteiger partial charge >= 0.3 is 0 Å². The summed E-state index contributed by atoms with van der Waals surface area (Å²) in [7, 11) is 1.80. The largest absolute Gasteiger partial charge is 0.350 e. The second kappa shape index (κ2) is 4.55. The van der Waals surface area contributed by atoms with Crippen molar-refractivity contribution >= 4 is 38.6 Å². The van der Waals surface area contributed by atoms with Crippen molar-refractivity contribution < 1.29 is 4.79 Å². The number of hydrogen-bond donors (Lipinski definition) is 2. The van der Waals surface area contributed by atoms with Crippen LogP contribution in [0.25, 0.3) is 10.9 Å². The van der Waals surface area contributed by atoms with Crippen LogP contribution in [0.2, 0.25) is 0 Å². The van der Waals surface area contributed by atoms with Crippen molar-refractivity contribution in [2.75, 3.05) is 5.32 Å². The van der Waals surface area contributed by atoms with E-state index in [1.165, 1.54) is 0 Å². The van der Waals surface area contributed by atoms with Crippen LogP contribution >= 0.6 is 15.9 Å². The summed E-state index contributed by atoms with van der Waals surface area (Å²) in [6, 6.07) is 9.40. The van der Waals surface area contributed by atoms with Gasteiger partial charge in [0.15, 0.2) is 5.82 Å². The first-order chi connectivity index (χ1) is 9.11. The van der Waals surface area contributed by atoms with Crippen LogP contribution in [0.4, 0.5) is 5.82 Å². The zero-order valence-corrected chi connectivity index (χ0v) is 11.7. The van der Waals surface area contributed by atoms with Gasteiger partial charge in [-0.2, -0.15) is 5.10 Å². The molecule has 0 aliphatic heterocycles. The van der Waals surface area contributed by atoms with Crippen molar-refractivity contribution in [3.8, 4) is 0 Å². The summed E-state index contributed by atoms with van der Waals surface area (Å²) in [6.45, 7) is 0. The van der Waals surface area contributed by atoms with E-state index in [-0.39, 0.29) is 5.91 Å². The number of nitrogens with one attached hydrogen (secondary N) is 2. The number of carbonyl (C=O) groups excluding carboxylic acids is 1. The van der Waals surface area contributed by atoms with Crippen molar-refractivity contribution in [1.29, 1.82) is 0 Å². The highest BCUT2D eigenvalue weighted by molar-refractivity contribution is 9.10. The lowest BCUT2D eigenvalue weighted by atomic mass is 10.2. The first kappa shape index (κ1) is 12.0. The van der Waals surface area contributed by atoms with E-state index in [1.807, 2.05) is 24.3 Å². The second-order valence-electron chi connectivity index (χ2n) is 4.24. The quantitative estimate of drug-likeness (QED) is 0.763. The third-order valence-electron chi connectivity index (χ3n) is 2.78. The van der Waals surface area contributed by atoms with Crippen LogP contribution in [0.1, 0.15) is 10.5 Å². The number of halogens is 1. The van der Waals surface area contributed by atoms with Crippen LogP contribution in [0, 0.1) is 0 Å². The molecule has 3 aromatic rings. The van der Waals surface area contributed by atoms with Crippen molar-refractivity contribution in [3.05, 3.63) is 46.7 Å². The van der Waals surface area contributed by atoms with E-state index in [0.717, 1.165) is 15.4 Å². The Kier molecular flexibility index (Phi) is 2.87. The first-order valence-corrected chi connectivity index (χ1v) is 6.50. The Bertz CT molecular complexity index is 759. The topological polar surface area (TPSA) is 62.7 Å². The Hall–Kier alpha value is -2.08. The van der Waals surface area contributed by atoms with E-state index in [2.05, 4.69) is 31.3 Å². The van der Waals surface area contributed by atoms with Gasteiger partial charge < -0.3 is 10.3 Å². The molecule has 2 aromatic heterocycles. The number of aromatic amines is 1. The summed E-state index contributed by atoms with van der Waals surface area (Å²) < 4.78 is 2.61. The fraction of sp³-hybridized carbons (Fsp3) is 0.0769. The monoisotopic (exact) mass is 318 g/mol. The summed E-state index contributed by atoms with van der Waals surface area (Å²) in [5.74, 6) is 0.332. The predicted octanol–water partition coefficient (Wildman–Crippen LogP) is 2.92. The van der Waals surface area contributed by atoms with Gasteiger partial charge in [-0.3, -0.25) is 9.48 Å². The highest BCUT2D eigenvalue weighted by Crippen LogP contribution is 2.20. The van der Waals surface area contributed by atoms with Crippen LogP contribution in [-0.2, 0) is 7.05 Å². The lowest BCUT2D eigenvalue weighted by Gasteiger charge is -1.98. The lowest BCUT2D eigenvalue weighted by Crippen LogP contribution is -2.12. The normalized spacial score (nSPS) is 10.8. The van der Waals surface area contributed by atoms with Gasteiger partial charge in [0, 0.05) is 34.7 Å². The molecule has 0 radical (unpaired) electrons. The molecule has 0 saturated heterocycles. The van der Waals surface area contributed by atoms with Crippen LogP contribution in [-0.4, -0.2) is 20.7 Å². The van der Waals surface area contributed by atoms with Gasteiger partial charge in [-0.25, -0.2) is 0 Å². The molecular formula is C13H11BrN4O. The van der Waals surface area contributed by atoms with E-state index < -0.39 is 0 Å². The number of hydrogen-bond acceptors (Lipinski definition) is 2. The number of carbonyl (C=O) groups is 1. The number of rotatable bonds is 2. The van der Waals surface area contributed by atoms with Gasteiger partial charge in [-0.05, 0) is 18.2 Å². The molecule has 0 bridgehead atoms. The van der Waals surface area contributed by atoms with E-state index in [0.29, 0.717) is 11.5 Å². The minimum Gasteiger partial charge on any atom is -0.350 e. The number of aromatic nitrogens is 3. The zero-order valence-electron chi connectivity index (χ0n) is 10.1. The Morgan fingerprint density at radius 1 is 1.37 bits per heavy atom.